The zero-order chi connectivity index (χ0) is 16.1. The zero-order valence-electron chi connectivity index (χ0n) is 12.7. The van der Waals surface area contributed by atoms with E-state index in [0.717, 1.165) is 0 Å². The second kappa shape index (κ2) is 6.76. The molecule has 0 heterocycles. The van der Waals surface area contributed by atoms with E-state index in [2.05, 4.69) is 5.32 Å². The predicted octanol–water partition coefficient (Wildman–Crippen LogP) is 3.04. The molecule has 0 unspecified atom stereocenters. The SMILES string of the molecule is COC(=O)c1cccc(NC(=O)c2cccc(OC)c2)c1C. The Labute approximate surface area is 128 Å². The lowest BCUT2D eigenvalue weighted by atomic mass is 10.1. The largest absolute Gasteiger partial charge is 0.497 e. The van der Waals surface area contributed by atoms with Gasteiger partial charge in [0.25, 0.3) is 5.91 Å². The molecule has 0 atom stereocenters. The van der Waals surface area contributed by atoms with E-state index >= 15 is 0 Å². The van der Waals surface area contributed by atoms with E-state index in [1.807, 2.05) is 0 Å². The molecule has 0 bridgehead atoms. The maximum atomic E-state index is 12.3. The van der Waals surface area contributed by atoms with Gasteiger partial charge in [0.05, 0.1) is 19.8 Å². The molecular formula is C17H17NO4. The summed E-state index contributed by atoms with van der Waals surface area (Å²) in [4.78, 5) is 24.0. The first kappa shape index (κ1) is 15.6. The average Bonchev–Trinajstić information content (AvgIpc) is 2.56. The molecule has 0 spiro atoms. The van der Waals surface area contributed by atoms with Crippen molar-refractivity contribution in [1.82, 2.24) is 0 Å². The fourth-order valence-corrected chi connectivity index (χ4v) is 2.06. The molecule has 22 heavy (non-hydrogen) atoms. The summed E-state index contributed by atoms with van der Waals surface area (Å²) in [5, 5.41) is 2.79. The molecule has 0 saturated heterocycles. The Morgan fingerprint density at radius 1 is 1.05 bits per heavy atom. The van der Waals surface area contributed by atoms with E-state index in [0.29, 0.717) is 28.1 Å². The number of ether oxygens (including phenoxy) is 2. The fourth-order valence-electron chi connectivity index (χ4n) is 2.06. The fraction of sp³-hybridized carbons (Fsp3) is 0.176. The van der Waals surface area contributed by atoms with Crippen LogP contribution in [-0.2, 0) is 4.74 Å². The maximum absolute atomic E-state index is 12.3. The van der Waals surface area contributed by atoms with Gasteiger partial charge < -0.3 is 14.8 Å². The van der Waals surface area contributed by atoms with E-state index < -0.39 is 5.97 Å². The number of methoxy groups -OCH3 is 2. The summed E-state index contributed by atoms with van der Waals surface area (Å²) in [6, 6.07) is 11.9. The van der Waals surface area contributed by atoms with Crippen molar-refractivity contribution in [3.8, 4) is 5.75 Å². The molecule has 5 heteroatoms. The number of hydrogen-bond donors (Lipinski definition) is 1. The number of rotatable bonds is 4. The van der Waals surface area contributed by atoms with E-state index in [9.17, 15) is 9.59 Å². The van der Waals surface area contributed by atoms with Crippen molar-refractivity contribution >= 4 is 17.6 Å². The minimum absolute atomic E-state index is 0.274. The molecule has 0 aliphatic carbocycles. The van der Waals surface area contributed by atoms with Crippen LogP contribution in [0.3, 0.4) is 0 Å². The first-order valence-electron chi connectivity index (χ1n) is 6.70. The van der Waals surface area contributed by atoms with Gasteiger partial charge in [0.2, 0.25) is 0 Å². The summed E-state index contributed by atoms with van der Waals surface area (Å²) in [5.41, 5.74) is 2.12. The Morgan fingerprint density at radius 2 is 1.77 bits per heavy atom. The van der Waals surface area contributed by atoms with Crippen LogP contribution in [0.15, 0.2) is 42.5 Å². The third-order valence-corrected chi connectivity index (χ3v) is 3.32. The molecule has 2 rings (SSSR count). The van der Waals surface area contributed by atoms with Crippen molar-refractivity contribution in [2.24, 2.45) is 0 Å². The molecule has 1 amide bonds. The summed E-state index contributed by atoms with van der Waals surface area (Å²) < 4.78 is 9.83. The van der Waals surface area contributed by atoms with Crippen LogP contribution in [-0.4, -0.2) is 26.1 Å². The highest BCUT2D eigenvalue weighted by molar-refractivity contribution is 6.05. The molecule has 5 nitrogen and oxygen atoms in total. The number of nitrogens with one attached hydrogen (secondary N) is 1. The molecule has 0 saturated carbocycles. The Hall–Kier alpha value is -2.82. The van der Waals surface area contributed by atoms with Gasteiger partial charge in [-0.3, -0.25) is 4.79 Å². The van der Waals surface area contributed by atoms with Gasteiger partial charge in [-0.25, -0.2) is 4.79 Å². The van der Waals surface area contributed by atoms with Gasteiger partial charge in [0, 0.05) is 11.3 Å². The molecule has 0 fully saturated rings. The van der Waals surface area contributed by atoms with Crippen LogP contribution >= 0.6 is 0 Å². The Kier molecular flexibility index (Phi) is 4.78. The highest BCUT2D eigenvalue weighted by Crippen LogP contribution is 2.21. The van der Waals surface area contributed by atoms with Gasteiger partial charge in [-0.05, 0) is 42.8 Å². The Balaban J connectivity index is 2.27. The summed E-state index contributed by atoms with van der Waals surface area (Å²) in [7, 11) is 2.87. The van der Waals surface area contributed by atoms with Gasteiger partial charge in [-0.15, -0.1) is 0 Å². The summed E-state index contributed by atoms with van der Waals surface area (Å²) in [6.45, 7) is 1.76. The number of anilines is 1. The topological polar surface area (TPSA) is 64.6 Å². The molecule has 0 aromatic heterocycles. The summed E-state index contributed by atoms with van der Waals surface area (Å²) >= 11 is 0. The minimum Gasteiger partial charge on any atom is -0.497 e. The number of esters is 1. The molecule has 114 valence electrons. The molecule has 0 radical (unpaired) electrons. The zero-order valence-corrected chi connectivity index (χ0v) is 12.7. The van der Waals surface area contributed by atoms with Crippen LogP contribution in [0.4, 0.5) is 5.69 Å². The molecule has 2 aromatic carbocycles. The second-order valence-electron chi connectivity index (χ2n) is 4.66. The van der Waals surface area contributed by atoms with Crippen molar-refractivity contribution in [1.29, 1.82) is 0 Å². The van der Waals surface area contributed by atoms with Gasteiger partial charge in [0.15, 0.2) is 0 Å². The quantitative estimate of drug-likeness (QED) is 0.881. The number of benzene rings is 2. The highest BCUT2D eigenvalue weighted by Gasteiger charge is 2.14. The van der Waals surface area contributed by atoms with Crippen molar-refractivity contribution in [3.63, 3.8) is 0 Å². The third-order valence-electron chi connectivity index (χ3n) is 3.32. The van der Waals surface area contributed by atoms with Gasteiger partial charge >= 0.3 is 5.97 Å². The first-order valence-corrected chi connectivity index (χ1v) is 6.70. The molecule has 0 aliphatic heterocycles. The van der Waals surface area contributed by atoms with E-state index in [1.54, 1.807) is 56.5 Å². The molecule has 2 aromatic rings. The molecular weight excluding hydrogens is 282 g/mol. The third kappa shape index (κ3) is 3.25. The van der Waals surface area contributed by atoms with Crippen molar-refractivity contribution in [2.45, 2.75) is 6.92 Å². The standard InChI is InChI=1S/C17H17NO4/c1-11-14(17(20)22-3)8-5-9-15(11)18-16(19)12-6-4-7-13(10-12)21-2/h4-10H,1-3H3,(H,18,19). The highest BCUT2D eigenvalue weighted by atomic mass is 16.5. The summed E-state index contributed by atoms with van der Waals surface area (Å²) in [6.07, 6.45) is 0. The number of carbonyl (C=O) groups excluding carboxylic acids is 2. The van der Waals surface area contributed by atoms with Crippen LogP contribution in [0.1, 0.15) is 26.3 Å². The Bertz CT molecular complexity index is 710. The number of amides is 1. The van der Waals surface area contributed by atoms with Crippen molar-refractivity contribution in [3.05, 3.63) is 59.2 Å². The van der Waals surface area contributed by atoms with Crippen LogP contribution in [0.2, 0.25) is 0 Å². The number of carbonyl (C=O) groups is 2. The smallest absolute Gasteiger partial charge is 0.338 e. The van der Waals surface area contributed by atoms with Crippen LogP contribution < -0.4 is 10.1 Å². The Morgan fingerprint density at radius 3 is 2.45 bits per heavy atom. The van der Waals surface area contributed by atoms with Crippen molar-refractivity contribution < 1.29 is 19.1 Å². The molecule has 0 aliphatic rings. The lowest BCUT2D eigenvalue weighted by molar-refractivity contribution is 0.0599. The van der Waals surface area contributed by atoms with Gasteiger partial charge in [-0.1, -0.05) is 12.1 Å². The maximum Gasteiger partial charge on any atom is 0.338 e. The number of hydrogen-bond acceptors (Lipinski definition) is 4. The lowest BCUT2D eigenvalue weighted by Gasteiger charge is -2.11. The minimum atomic E-state index is -0.435. The average molecular weight is 299 g/mol. The monoisotopic (exact) mass is 299 g/mol. The first-order chi connectivity index (χ1) is 10.6. The van der Waals surface area contributed by atoms with Gasteiger partial charge in [-0.2, -0.15) is 0 Å². The normalized spacial score (nSPS) is 9.95. The van der Waals surface area contributed by atoms with Crippen LogP contribution in [0, 0.1) is 6.92 Å². The van der Waals surface area contributed by atoms with E-state index in [1.165, 1.54) is 7.11 Å². The lowest BCUT2D eigenvalue weighted by Crippen LogP contribution is -2.14. The van der Waals surface area contributed by atoms with Gasteiger partial charge in [0.1, 0.15) is 5.75 Å². The van der Waals surface area contributed by atoms with Crippen LogP contribution in [0.25, 0.3) is 0 Å². The van der Waals surface area contributed by atoms with E-state index in [4.69, 9.17) is 9.47 Å². The molecule has 1 N–H and O–H groups in total. The van der Waals surface area contributed by atoms with Crippen molar-refractivity contribution in [2.75, 3.05) is 19.5 Å². The van der Waals surface area contributed by atoms with Crippen LogP contribution in [0.5, 0.6) is 5.75 Å². The van der Waals surface area contributed by atoms with E-state index in [-0.39, 0.29) is 5.91 Å². The predicted molar refractivity (Wildman–Crippen MR) is 83.5 cm³/mol. The summed E-state index contributed by atoms with van der Waals surface area (Å²) in [5.74, 6) is -0.105. The second-order valence-corrected chi connectivity index (χ2v) is 4.66.